The van der Waals surface area contributed by atoms with E-state index in [1.807, 2.05) is 0 Å². The Morgan fingerprint density at radius 2 is 1.76 bits per heavy atom. The summed E-state index contributed by atoms with van der Waals surface area (Å²) in [6.45, 7) is 6.56. The van der Waals surface area contributed by atoms with Crippen molar-refractivity contribution in [2.45, 2.75) is 51.6 Å². The molecule has 3 heteroatoms. The summed E-state index contributed by atoms with van der Waals surface area (Å²) in [5, 5.41) is 0. The van der Waals surface area contributed by atoms with Gasteiger partial charge in [-0.2, -0.15) is 0 Å². The third kappa shape index (κ3) is 6.06. The van der Waals surface area contributed by atoms with Crippen LogP contribution in [0.1, 0.15) is 44.6 Å². The lowest BCUT2D eigenvalue weighted by Crippen LogP contribution is -2.29. The first-order valence-electron chi connectivity index (χ1n) is 8.46. The van der Waals surface area contributed by atoms with E-state index in [9.17, 15) is 0 Å². The van der Waals surface area contributed by atoms with Crippen LogP contribution < -0.4 is 10.5 Å². The summed E-state index contributed by atoms with van der Waals surface area (Å²) in [5.41, 5.74) is 6.84. The highest BCUT2D eigenvalue weighted by Gasteiger charge is 2.11. The van der Waals surface area contributed by atoms with Crippen molar-refractivity contribution in [3.8, 4) is 5.75 Å². The molecule has 0 saturated carbocycles. The molecule has 1 unspecified atom stereocenters. The third-order valence-electron chi connectivity index (χ3n) is 4.24. The molecule has 1 heterocycles. The Kier molecular flexibility index (Phi) is 7.04. The standard InChI is InChI=1S/C18H30N2O/c1-16(11-15-20-13-4-2-3-5-14-20)21-18-8-6-17(7-9-18)10-12-19/h6-9,16H,2-5,10-15,19H2,1H3. The van der Waals surface area contributed by atoms with Crippen LogP contribution in [0.25, 0.3) is 0 Å². The Balaban J connectivity index is 1.71. The largest absolute Gasteiger partial charge is 0.491 e. The van der Waals surface area contributed by atoms with Crippen LogP contribution in [0, 0.1) is 0 Å². The molecule has 1 fully saturated rings. The maximum atomic E-state index is 6.01. The van der Waals surface area contributed by atoms with Crippen molar-refractivity contribution in [3.05, 3.63) is 29.8 Å². The van der Waals surface area contributed by atoms with Gasteiger partial charge in [-0.25, -0.2) is 0 Å². The minimum Gasteiger partial charge on any atom is -0.491 e. The number of hydrogen-bond donors (Lipinski definition) is 1. The highest BCUT2D eigenvalue weighted by Crippen LogP contribution is 2.16. The van der Waals surface area contributed by atoms with Crippen LogP contribution in [0.2, 0.25) is 0 Å². The topological polar surface area (TPSA) is 38.5 Å². The van der Waals surface area contributed by atoms with Crippen molar-refractivity contribution in [1.29, 1.82) is 0 Å². The number of nitrogens with zero attached hydrogens (tertiary/aromatic N) is 1. The fourth-order valence-corrected chi connectivity index (χ4v) is 2.92. The van der Waals surface area contributed by atoms with Gasteiger partial charge in [0.05, 0.1) is 6.10 Å². The van der Waals surface area contributed by atoms with Gasteiger partial charge in [-0.05, 0) is 69.9 Å². The second-order valence-corrected chi connectivity index (χ2v) is 6.16. The number of likely N-dealkylation sites (tertiary alicyclic amines) is 1. The zero-order chi connectivity index (χ0) is 14.9. The van der Waals surface area contributed by atoms with Crippen LogP contribution in [-0.4, -0.2) is 37.2 Å². The molecule has 21 heavy (non-hydrogen) atoms. The second kappa shape index (κ2) is 9.06. The van der Waals surface area contributed by atoms with Crippen molar-refractivity contribution in [3.63, 3.8) is 0 Å². The lowest BCUT2D eigenvalue weighted by Gasteiger charge is -2.22. The molecule has 0 amide bonds. The number of ether oxygens (including phenoxy) is 1. The van der Waals surface area contributed by atoms with E-state index in [2.05, 4.69) is 36.1 Å². The molecule has 1 saturated heterocycles. The van der Waals surface area contributed by atoms with Gasteiger partial charge in [-0.3, -0.25) is 0 Å². The summed E-state index contributed by atoms with van der Waals surface area (Å²) < 4.78 is 6.01. The van der Waals surface area contributed by atoms with E-state index in [1.54, 1.807) is 0 Å². The molecule has 1 aromatic rings. The van der Waals surface area contributed by atoms with Crippen molar-refractivity contribution in [1.82, 2.24) is 4.90 Å². The summed E-state index contributed by atoms with van der Waals surface area (Å²) >= 11 is 0. The van der Waals surface area contributed by atoms with Crippen molar-refractivity contribution < 1.29 is 4.74 Å². The highest BCUT2D eigenvalue weighted by molar-refractivity contribution is 5.27. The molecule has 0 bridgehead atoms. The maximum absolute atomic E-state index is 6.01. The normalized spacial score (nSPS) is 18.2. The van der Waals surface area contributed by atoms with E-state index < -0.39 is 0 Å². The maximum Gasteiger partial charge on any atom is 0.119 e. The molecule has 2 rings (SSSR count). The molecule has 0 radical (unpaired) electrons. The fraction of sp³-hybridized carbons (Fsp3) is 0.667. The summed E-state index contributed by atoms with van der Waals surface area (Å²) in [6.07, 6.45) is 7.83. The van der Waals surface area contributed by atoms with E-state index in [-0.39, 0.29) is 6.10 Å². The molecule has 0 aromatic heterocycles. The van der Waals surface area contributed by atoms with Gasteiger partial charge in [-0.1, -0.05) is 25.0 Å². The van der Waals surface area contributed by atoms with Gasteiger partial charge in [0.2, 0.25) is 0 Å². The Morgan fingerprint density at radius 1 is 1.10 bits per heavy atom. The van der Waals surface area contributed by atoms with Gasteiger partial charge >= 0.3 is 0 Å². The summed E-state index contributed by atoms with van der Waals surface area (Å²) in [4.78, 5) is 2.59. The zero-order valence-electron chi connectivity index (χ0n) is 13.4. The lowest BCUT2D eigenvalue weighted by molar-refractivity contribution is 0.178. The van der Waals surface area contributed by atoms with E-state index in [4.69, 9.17) is 10.5 Å². The lowest BCUT2D eigenvalue weighted by atomic mass is 10.1. The van der Waals surface area contributed by atoms with Crippen LogP contribution in [0.5, 0.6) is 5.75 Å². The molecule has 1 aliphatic heterocycles. The zero-order valence-corrected chi connectivity index (χ0v) is 13.4. The molecule has 0 spiro atoms. The van der Waals surface area contributed by atoms with E-state index in [0.29, 0.717) is 6.54 Å². The molecule has 2 N–H and O–H groups in total. The summed E-state index contributed by atoms with van der Waals surface area (Å²) in [6, 6.07) is 8.36. The molecule has 1 aliphatic rings. The monoisotopic (exact) mass is 290 g/mol. The van der Waals surface area contributed by atoms with Gasteiger partial charge in [0, 0.05) is 6.54 Å². The quantitative estimate of drug-likeness (QED) is 0.838. The first-order valence-corrected chi connectivity index (χ1v) is 8.46. The molecule has 3 nitrogen and oxygen atoms in total. The van der Waals surface area contributed by atoms with Crippen molar-refractivity contribution in [2.75, 3.05) is 26.2 Å². The SMILES string of the molecule is CC(CCN1CCCCCC1)Oc1ccc(CCN)cc1. The minimum atomic E-state index is 0.272. The average molecular weight is 290 g/mol. The molecule has 118 valence electrons. The summed E-state index contributed by atoms with van der Waals surface area (Å²) in [7, 11) is 0. The molecular formula is C18H30N2O. The van der Waals surface area contributed by atoms with Gasteiger partial charge in [-0.15, -0.1) is 0 Å². The summed E-state index contributed by atoms with van der Waals surface area (Å²) in [5.74, 6) is 0.971. The highest BCUT2D eigenvalue weighted by atomic mass is 16.5. The van der Waals surface area contributed by atoms with E-state index in [1.165, 1.54) is 44.3 Å². The predicted octanol–water partition coefficient (Wildman–Crippen LogP) is 3.22. The number of benzene rings is 1. The number of nitrogens with two attached hydrogens (primary N) is 1. The third-order valence-corrected chi connectivity index (χ3v) is 4.24. The van der Waals surface area contributed by atoms with Crippen LogP contribution >= 0.6 is 0 Å². The first kappa shape index (κ1) is 16.3. The van der Waals surface area contributed by atoms with Gasteiger partial charge < -0.3 is 15.4 Å². The van der Waals surface area contributed by atoms with Gasteiger partial charge in [0.25, 0.3) is 0 Å². The number of rotatable bonds is 7. The predicted molar refractivity (Wildman–Crippen MR) is 88.8 cm³/mol. The molecular weight excluding hydrogens is 260 g/mol. The van der Waals surface area contributed by atoms with Crippen LogP contribution in [-0.2, 0) is 6.42 Å². The van der Waals surface area contributed by atoms with E-state index >= 15 is 0 Å². The Labute approximate surface area is 129 Å². The Morgan fingerprint density at radius 3 is 2.38 bits per heavy atom. The van der Waals surface area contributed by atoms with Gasteiger partial charge in [0.15, 0.2) is 0 Å². The van der Waals surface area contributed by atoms with E-state index in [0.717, 1.165) is 25.1 Å². The Hall–Kier alpha value is -1.06. The molecule has 1 atom stereocenters. The van der Waals surface area contributed by atoms with Crippen molar-refractivity contribution in [2.24, 2.45) is 5.73 Å². The van der Waals surface area contributed by atoms with Crippen LogP contribution in [0.3, 0.4) is 0 Å². The first-order chi connectivity index (χ1) is 10.3. The molecule has 0 aliphatic carbocycles. The average Bonchev–Trinajstić information content (AvgIpc) is 2.76. The molecule has 1 aromatic carbocycles. The fourth-order valence-electron chi connectivity index (χ4n) is 2.92. The van der Waals surface area contributed by atoms with Crippen LogP contribution in [0.4, 0.5) is 0 Å². The Bertz CT molecular complexity index is 383. The number of hydrogen-bond acceptors (Lipinski definition) is 3. The van der Waals surface area contributed by atoms with Crippen molar-refractivity contribution >= 4 is 0 Å². The minimum absolute atomic E-state index is 0.272. The van der Waals surface area contributed by atoms with Gasteiger partial charge in [0.1, 0.15) is 5.75 Å². The van der Waals surface area contributed by atoms with Crippen LogP contribution in [0.15, 0.2) is 24.3 Å². The smallest absolute Gasteiger partial charge is 0.119 e. The second-order valence-electron chi connectivity index (χ2n) is 6.16.